The van der Waals surface area contributed by atoms with Gasteiger partial charge in [0.05, 0.1) is 13.0 Å². The molecule has 1 amide bonds. The molecule has 2 aliphatic heterocycles. The summed E-state index contributed by atoms with van der Waals surface area (Å²) < 4.78 is 0. The molecule has 0 radical (unpaired) electrons. The lowest BCUT2D eigenvalue weighted by Gasteiger charge is -2.07. The van der Waals surface area contributed by atoms with E-state index in [4.69, 9.17) is 0 Å². The second-order valence-corrected chi connectivity index (χ2v) is 5.53. The van der Waals surface area contributed by atoms with Crippen LogP contribution in [0.15, 0.2) is 47.9 Å². The molecule has 0 aliphatic carbocycles. The van der Waals surface area contributed by atoms with Gasteiger partial charge in [0, 0.05) is 42.0 Å². The van der Waals surface area contributed by atoms with Gasteiger partial charge in [-0.2, -0.15) is 0 Å². The smallest absolute Gasteiger partial charge is 0.228 e. The van der Waals surface area contributed by atoms with E-state index in [2.05, 4.69) is 25.6 Å². The number of anilines is 2. The summed E-state index contributed by atoms with van der Waals surface area (Å²) in [6.07, 6.45) is 8.73. The van der Waals surface area contributed by atoms with Crippen LogP contribution in [0, 0.1) is 0 Å². The van der Waals surface area contributed by atoms with Crippen molar-refractivity contribution in [2.45, 2.75) is 12.8 Å². The molecular weight excluding hydrogens is 290 g/mol. The molecule has 0 spiro atoms. The number of hydrogen-bond donors (Lipinski definition) is 2. The van der Waals surface area contributed by atoms with Crippen LogP contribution in [-0.2, 0) is 11.2 Å². The van der Waals surface area contributed by atoms with Gasteiger partial charge in [-0.05, 0) is 17.2 Å². The van der Waals surface area contributed by atoms with Crippen LogP contribution in [0.2, 0.25) is 0 Å². The maximum atomic E-state index is 11.4. The highest BCUT2D eigenvalue weighted by Crippen LogP contribution is 2.28. The van der Waals surface area contributed by atoms with E-state index >= 15 is 0 Å². The maximum absolute atomic E-state index is 11.4. The van der Waals surface area contributed by atoms with Crippen LogP contribution in [0.4, 0.5) is 11.6 Å². The van der Waals surface area contributed by atoms with E-state index in [1.165, 1.54) is 0 Å². The van der Waals surface area contributed by atoms with Crippen molar-refractivity contribution in [3.63, 3.8) is 0 Å². The minimum Gasteiger partial charge on any atom is -0.349 e. The zero-order valence-electron chi connectivity index (χ0n) is 12.4. The number of nitrogens with zero attached hydrogens (tertiary/aromatic N) is 3. The zero-order valence-corrected chi connectivity index (χ0v) is 12.4. The molecule has 6 heteroatoms. The number of carbonyl (C=O) groups is 1. The molecule has 2 aromatic rings. The predicted molar refractivity (Wildman–Crippen MR) is 89.5 cm³/mol. The third-order valence-corrected chi connectivity index (χ3v) is 3.89. The first-order chi connectivity index (χ1) is 11.3. The predicted octanol–water partition coefficient (Wildman–Crippen LogP) is 2.41. The second-order valence-electron chi connectivity index (χ2n) is 5.53. The SMILES string of the molecule is O=C1Cc2ccc(-c3cnc(NCC4=NC=CC4)nc3)cc2N1. The van der Waals surface area contributed by atoms with Crippen molar-refractivity contribution in [1.82, 2.24) is 9.97 Å². The van der Waals surface area contributed by atoms with E-state index in [0.717, 1.165) is 34.5 Å². The number of fused-ring (bicyclic) bond motifs is 1. The molecule has 4 rings (SSSR count). The number of benzene rings is 1. The Labute approximate surface area is 133 Å². The summed E-state index contributed by atoms with van der Waals surface area (Å²) in [5.41, 5.74) is 4.89. The Morgan fingerprint density at radius 2 is 2.04 bits per heavy atom. The van der Waals surface area contributed by atoms with Crippen molar-refractivity contribution in [3.05, 3.63) is 48.4 Å². The highest BCUT2D eigenvalue weighted by atomic mass is 16.1. The van der Waals surface area contributed by atoms with E-state index in [1.54, 1.807) is 12.4 Å². The summed E-state index contributed by atoms with van der Waals surface area (Å²) in [7, 11) is 0. The molecule has 0 bridgehead atoms. The van der Waals surface area contributed by atoms with Crippen molar-refractivity contribution in [2.24, 2.45) is 4.99 Å². The summed E-state index contributed by atoms with van der Waals surface area (Å²) in [6, 6.07) is 5.93. The molecule has 0 saturated carbocycles. The molecule has 2 N–H and O–H groups in total. The van der Waals surface area contributed by atoms with Gasteiger partial charge >= 0.3 is 0 Å². The van der Waals surface area contributed by atoms with E-state index < -0.39 is 0 Å². The lowest BCUT2D eigenvalue weighted by molar-refractivity contribution is -0.115. The van der Waals surface area contributed by atoms with Gasteiger partial charge in [0.1, 0.15) is 0 Å². The third-order valence-electron chi connectivity index (χ3n) is 3.89. The third kappa shape index (κ3) is 2.83. The van der Waals surface area contributed by atoms with Crippen LogP contribution in [0.1, 0.15) is 12.0 Å². The number of carbonyl (C=O) groups excluding carboxylic acids is 1. The fourth-order valence-electron chi connectivity index (χ4n) is 2.66. The second kappa shape index (κ2) is 5.64. The molecule has 0 unspecified atom stereocenters. The average molecular weight is 305 g/mol. The number of hydrogen-bond acceptors (Lipinski definition) is 5. The van der Waals surface area contributed by atoms with Crippen LogP contribution in [0.3, 0.4) is 0 Å². The monoisotopic (exact) mass is 305 g/mol. The van der Waals surface area contributed by atoms with Crippen LogP contribution in [0.5, 0.6) is 0 Å². The molecule has 3 heterocycles. The van der Waals surface area contributed by atoms with Crippen molar-refractivity contribution in [1.29, 1.82) is 0 Å². The van der Waals surface area contributed by atoms with Crippen molar-refractivity contribution in [3.8, 4) is 11.1 Å². The Balaban J connectivity index is 1.48. The molecule has 0 fully saturated rings. The summed E-state index contributed by atoms with van der Waals surface area (Å²) in [6.45, 7) is 0.650. The van der Waals surface area contributed by atoms with Gasteiger partial charge in [-0.15, -0.1) is 0 Å². The van der Waals surface area contributed by atoms with Gasteiger partial charge in [0.25, 0.3) is 0 Å². The first-order valence-corrected chi connectivity index (χ1v) is 7.47. The van der Waals surface area contributed by atoms with E-state index in [-0.39, 0.29) is 5.91 Å². The Morgan fingerprint density at radius 1 is 1.17 bits per heavy atom. The van der Waals surface area contributed by atoms with Crippen LogP contribution < -0.4 is 10.6 Å². The zero-order chi connectivity index (χ0) is 15.6. The number of aliphatic imine (C=N–C) groups is 1. The molecule has 2 aliphatic rings. The van der Waals surface area contributed by atoms with Crippen LogP contribution in [-0.4, -0.2) is 28.1 Å². The molecule has 0 atom stereocenters. The number of amides is 1. The minimum atomic E-state index is 0.0391. The molecule has 23 heavy (non-hydrogen) atoms. The number of aromatic nitrogens is 2. The first kappa shape index (κ1) is 13.6. The molecule has 114 valence electrons. The summed E-state index contributed by atoms with van der Waals surface area (Å²) in [4.78, 5) is 24.3. The fraction of sp³-hybridized carbons (Fsp3) is 0.176. The maximum Gasteiger partial charge on any atom is 0.228 e. The Hall–Kier alpha value is -3.02. The standard InChI is InChI=1S/C17H15N5O/c23-16-7-12-4-3-11(6-15(12)22-16)13-8-19-17(20-9-13)21-10-14-2-1-5-18-14/h1,3-6,8-9H,2,7,10H2,(H,22,23)(H,19,20,21). The molecule has 1 aromatic carbocycles. The average Bonchev–Trinajstić information content (AvgIpc) is 3.21. The van der Waals surface area contributed by atoms with Gasteiger partial charge in [-0.3, -0.25) is 9.79 Å². The molecular formula is C17H15N5O. The summed E-state index contributed by atoms with van der Waals surface area (Å²) >= 11 is 0. The lowest BCUT2D eigenvalue weighted by atomic mass is 10.1. The quantitative estimate of drug-likeness (QED) is 0.909. The highest BCUT2D eigenvalue weighted by Gasteiger charge is 2.17. The fourth-order valence-corrected chi connectivity index (χ4v) is 2.66. The highest BCUT2D eigenvalue weighted by molar-refractivity contribution is 6.00. The van der Waals surface area contributed by atoms with E-state index in [9.17, 15) is 4.79 Å². The normalized spacial score (nSPS) is 15.3. The van der Waals surface area contributed by atoms with Gasteiger partial charge in [0.2, 0.25) is 11.9 Å². The Kier molecular flexibility index (Phi) is 3.34. The molecule has 6 nitrogen and oxygen atoms in total. The molecule has 1 aromatic heterocycles. The number of rotatable bonds is 4. The largest absolute Gasteiger partial charge is 0.349 e. The summed E-state index contributed by atoms with van der Waals surface area (Å²) in [5, 5.41) is 6.02. The Morgan fingerprint density at radius 3 is 2.83 bits per heavy atom. The van der Waals surface area contributed by atoms with E-state index in [1.807, 2.05) is 30.5 Å². The van der Waals surface area contributed by atoms with E-state index in [0.29, 0.717) is 18.9 Å². The molecule has 0 saturated heterocycles. The van der Waals surface area contributed by atoms with Gasteiger partial charge < -0.3 is 10.6 Å². The number of nitrogens with one attached hydrogen (secondary N) is 2. The van der Waals surface area contributed by atoms with Gasteiger partial charge in [0.15, 0.2) is 0 Å². The minimum absolute atomic E-state index is 0.0391. The van der Waals surface area contributed by atoms with Crippen molar-refractivity contribution in [2.75, 3.05) is 17.2 Å². The number of allylic oxidation sites excluding steroid dienone is 1. The van der Waals surface area contributed by atoms with Gasteiger partial charge in [-0.1, -0.05) is 18.2 Å². The first-order valence-electron chi connectivity index (χ1n) is 7.47. The summed E-state index contributed by atoms with van der Waals surface area (Å²) in [5.74, 6) is 0.620. The lowest BCUT2D eigenvalue weighted by Crippen LogP contribution is -2.13. The topological polar surface area (TPSA) is 79.3 Å². The van der Waals surface area contributed by atoms with Crippen LogP contribution in [0.25, 0.3) is 11.1 Å². The van der Waals surface area contributed by atoms with Crippen molar-refractivity contribution >= 4 is 23.3 Å². The van der Waals surface area contributed by atoms with Gasteiger partial charge in [-0.25, -0.2) is 9.97 Å². The van der Waals surface area contributed by atoms with Crippen molar-refractivity contribution < 1.29 is 4.79 Å². The Bertz CT molecular complexity index is 823. The van der Waals surface area contributed by atoms with Crippen LogP contribution >= 0.6 is 0 Å².